The summed E-state index contributed by atoms with van der Waals surface area (Å²) in [5.74, 6) is 0.946. The molecular weight excluding hydrogens is 338 g/mol. The monoisotopic (exact) mass is 363 g/mol. The Morgan fingerprint density at radius 2 is 2.15 bits per heavy atom. The molecule has 27 heavy (non-hydrogen) atoms. The van der Waals surface area contributed by atoms with Crippen molar-refractivity contribution in [3.05, 3.63) is 48.2 Å². The van der Waals surface area contributed by atoms with Gasteiger partial charge in [-0.1, -0.05) is 13.0 Å². The normalized spacial score (nSPS) is 16.4. The number of hydrogen-bond acceptors (Lipinski definition) is 3. The average Bonchev–Trinajstić information content (AvgIpc) is 3.09. The van der Waals surface area contributed by atoms with E-state index in [1.807, 2.05) is 45.9 Å². The van der Waals surface area contributed by atoms with Crippen molar-refractivity contribution in [3.63, 3.8) is 0 Å². The zero-order valence-corrected chi connectivity index (χ0v) is 16.1. The van der Waals surface area contributed by atoms with Crippen LogP contribution in [-0.4, -0.2) is 28.2 Å². The van der Waals surface area contributed by atoms with E-state index in [4.69, 9.17) is 9.84 Å². The second-order valence-electron chi connectivity index (χ2n) is 7.16. The number of rotatable bonds is 4. The summed E-state index contributed by atoms with van der Waals surface area (Å²) in [6.45, 7) is 6.48. The maximum atomic E-state index is 12.2. The van der Waals surface area contributed by atoms with E-state index in [0.29, 0.717) is 6.61 Å². The summed E-state index contributed by atoms with van der Waals surface area (Å²) < 4.78 is 8.09. The average molecular weight is 363 g/mol. The van der Waals surface area contributed by atoms with Gasteiger partial charge in [-0.15, -0.1) is 0 Å². The van der Waals surface area contributed by atoms with Gasteiger partial charge in [-0.3, -0.25) is 4.79 Å². The minimum absolute atomic E-state index is 0.0744. The first-order valence-electron chi connectivity index (χ1n) is 9.63. The van der Waals surface area contributed by atoms with Crippen LogP contribution in [0.3, 0.4) is 0 Å². The summed E-state index contributed by atoms with van der Waals surface area (Å²) >= 11 is 0. The van der Waals surface area contributed by atoms with Gasteiger partial charge in [0.05, 0.1) is 23.5 Å². The van der Waals surface area contributed by atoms with Gasteiger partial charge < -0.3 is 9.64 Å². The molecule has 0 radical (unpaired) electrons. The number of carbonyl (C=O) groups excluding carboxylic acids is 1. The molecule has 0 saturated carbocycles. The quantitative estimate of drug-likeness (QED) is 0.687. The number of amides is 1. The molecule has 5 heteroatoms. The van der Waals surface area contributed by atoms with Gasteiger partial charge in [-0.05, 0) is 56.5 Å². The second-order valence-corrected chi connectivity index (χ2v) is 7.16. The molecular formula is C22H25N3O2. The number of ether oxygens (including phenoxy) is 1. The standard InChI is InChI=1S/C22H25N3O2/c1-4-13-27-22-18(20-14-17-7-5-6-12-24(17)23-20)10-11-21-19(22)9-8-15(2)25(21)16(3)26/h5-7,10-12,14-15H,4,8-9,13H2,1-3H3/t15-/m0/s1. The minimum atomic E-state index is 0.0744. The van der Waals surface area contributed by atoms with Crippen LogP contribution in [0.1, 0.15) is 39.2 Å². The Labute approximate surface area is 159 Å². The van der Waals surface area contributed by atoms with Crippen LogP contribution in [0.25, 0.3) is 16.8 Å². The summed E-state index contributed by atoms with van der Waals surface area (Å²) in [4.78, 5) is 14.1. The van der Waals surface area contributed by atoms with Crippen molar-refractivity contribution < 1.29 is 9.53 Å². The lowest BCUT2D eigenvalue weighted by atomic mass is 9.92. The first kappa shape index (κ1) is 17.6. The molecule has 1 aliphatic heterocycles. The summed E-state index contributed by atoms with van der Waals surface area (Å²) in [6.07, 6.45) is 4.72. The highest BCUT2D eigenvalue weighted by molar-refractivity contribution is 5.95. The molecule has 0 N–H and O–H groups in total. The van der Waals surface area contributed by atoms with Crippen molar-refractivity contribution in [2.24, 2.45) is 0 Å². The van der Waals surface area contributed by atoms with Gasteiger partial charge in [0.2, 0.25) is 5.91 Å². The molecule has 0 fully saturated rings. The maximum Gasteiger partial charge on any atom is 0.224 e. The molecule has 4 rings (SSSR count). The topological polar surface area (TPSA) is 46.8 Å². The molecule has 1 atom stereocenters. The van der Waals surface area contributed by atoms with Crippen molar-refractivity contribution in [3.8, 4) is 17.0 Å². The molecule has 5 nitrogen and oxygen atoms in total. The fraction of sp³-hybridized carbons (Fsp3) is 0.364. The number of nitrogens with zero attached hydrogens (tertiary/aromatic N) is 3. The number of hydrogen-bond donors (Lipinski definition) is 0. The highest BCUT2D eigenvalue weighted by Gasteiger charge is 2.30. The largest absolute Gasteiger partial charge is 0.493 e. The van der Waals surface area contributed by atoms with E-state index >= 15 is 0 Å². The molecule has 1 aliphatic rings. The SMILES string of the molecule is CCCOc1c(-c2cc3ccccn3n2)ccc2c1CC[C@H](C)N2C(C)=O. The molecule has 2 aromatic heterocycles. The predicted octanol–water partition coefficient (Wildman–Crippen LogP) is 4.48. The van der Waals surface area contributed by atoms with E-state index in [-0.39, 0.29) is 11.9 Å². The second kappa shape index (κ2) is 7.06. The van der Waals surface area contributed by atoms with Gasteiger partial charge in [-0.2, -0.15) is 5.10 Å². The number of benzene rings is 1. The lowest BCUT2D eigenvalue weighted by Crippen LogP contribution is -2.40. The van der Waals surface area contributed by atoms with Gasteiger partial charge in [0.15, 0.2) is 0 Å². The highest BCUT2D eigenvalue weighted by atomic mass is 16.5. The van der Waals surface area contributed by atoms with Crippen molar-refractivity contribution in [1.29, 1.82) is 0 Å². The Morgan fingerprint density at radius 1 is 1.30 bits per heavy atom. The molecule has 140 valence electrons. The van der Waals surface area contributed by atoms with Crippen molar-refractivity contribution >= 4 is 17.1 Å². The maximum absolute atomic E-state index is 12.2. The first-order valence-corrected chi connectivity index (χ1v) is 9.63. The third-order valence-corrected chi connectivity index (χ3v) is 5.18. The van der Waals surface area contributed by atoms with Gasteiger partial charge in [0.1, 0.15) is 5.75 Å². The molecule has 0 unspecified atom stereocenters. The van der Waals surface area contributed by atoms with E-state index in [1.54, 1.807) is 6.92 Å². The van der Waals surface area contributed by atoms with Crippen molar-refractivity contribution in [2.45, 2.75) is 46.1 Å². The fourth-order valence-electron chi connectivity index (χ4n) is 3.92. The molecule has 3 heterocycles. The van der Waals surface area contributed by atoms with Gasteiger partial charge in [-0.25, -0.2) is 4.52 Å². The predicted molar refractivity (Wildman–Crippen MR) is 107 cm³/mol. The Bertz CT molecular complexity index is 959. The summed E-state index contributed by atoms with van der Waals surface area (Å²) in [5.41, 5.74) is 5.02. The zero-order valence-electron chi connectivity index (χ0n) is 16.1. The number of carbonyl (C=O) groups is 1. The number of aromatic nitrogens is 2. The van der Waals surface area contributed by atoms with Crippen LogP contribution in [0.4, 0.5) is 5.69 Å². The van der Waals surface area contributed by atoms with Crippen LogP contribution < -0.4 is 9.64 Å². The summed E-state index contributed by atoms with van der Waals surface area (Å²) in [7, 11) is 0. The van der Waals surface area contributed by atoms with Crippen molar-refractivity contribution in [2.75, 3.05) is 11.5 Å². The van der Waals surface area contributed by atoms with Crippen molar-refractivity contribution in [1.82, 2.24) is 9.61 Å². The Kier molecular flexibility index (Phi) is 4.60. The van der Waals surface area contributed by atoms with E-state index in [2.05, 4.69) is 19.9 Å². The lowest BCUT2D eigenvalue weighted by Gasteiger charge is -2.35. The Morgan fingerprint density at radius 3 is 2.89 bits per heavy atom. The molecule has 0 aliphatic carbocycles. The molecule has 1 amide bonds. The molecule has 3 aromatic rings. The molecule has 0 spiro atoms. The Balaban J connectivity index is 1.88. The van der Waals surface area contributed by atoms with Crippen LogP contribution in [0, 0.1) is 0 Å². The van der Waals surface area contributed by atoms with Crippen LogP contribution in [-0.2, 0) is 11.2 Å². The first-order chi connectivity index (χ1) is 13.1. The van der Waals surface area contributed by atoms with E-state index in [0.717, 1.165) is 53.0 Å². The molecule has 0 bridgehead atoms. The van der Waals surface area contributed by atoms with Crippen LogP contribution in [0.2, 0.25) is 0 Å². The third kappa shape index (κ3) is 3.07. The fourth-order valence-corrected chi connectivity index (χ4v) is 3.92. The van der Waals surface area contributed by atoms with Crippen LogP contribution >= 0.6 is 0 Å². The highest BCUT2D eigenvalue weighted by Crippen LogP contribution is 2.42. The minimum Gasteiger partial charge on any atom is -0.493 e. The molecule has 0 saturated heterocycles. The summed E-state index contributed by atoms with van der Waals surface area (Å²) in [5, 5.41) is 4.73. The lowest BCUT2D eigenvalue weighted by molar-refractivity contribution is -0.117. The number of fused-ring (bicyclic) bond motifs is 2. The Hall–Kier alpha value is -2.82. The van der Waals surface area contributed by atoms with E-state index in [9.17, 15) is 4.79 Å². The van der Waals surface area contributed by atoms with E-state index in [1.165, 1.54) is 0 Å². The summed E-state index contributed by atoms with van der Waals surface area (Å²) in [6, 6.07) is 12.4. The van der Waals surface area contributed by atoms with Gasteiger partial charge in [0, 0.05) is 30.3 Å². The smallest absolute Gasteiger partial charge is 0.224 e. The number of pyridine rings is 1. The van der Waals surface area contributed by atoms with Crippen LogP contribution in [0.5, 0.6) is 5.75 Å². The van der Waals surface area contributed by atoms with Gasteiger partial charge >= 0.3 is 0 Å². The number of anilines is 1. The van der Waals surface area contributed by atoms with Crippen LogP contribution in [0.15, 0.2) is 42.6 Å². The van der Waals surface area contributed by atoms with E-state index < -0.39 is 0 Å². The zero-order chi connectivity index (χ0) is 19.0. The van der Waals surface area contributed by atoms with Gasteiger partial charge in [0.25, 0.3) is 0 Å². The molecule has 1 aromatic carbocycles. The third-order valence-electron chi connectivity index (χ3n) is 5.18.